The van der Waals surface area contributed by atoms with Crippen molar-refractivity contribution in [2.45, 2.75) is 13.0 Å². The van der Waals surface area contributed by atoms with E-state index in [4.69, 9.17) is 0 Å². The van der Waals surface area contributed by atoms with Crippen LogP contribution in [0.15, 0.2) is 54.6 Å². The highest BCUT2D eigenvalue weighted by Gasteiger charge is 2.25. The van der Waals surface area contributed by atoms with Gasteiger partial charge in [0.15, 0.2) is 0 Å². The summed E-state index contributed by atoms with van der Waals surface area (Å²) < 4.78 is 0. The second-order valence-electron chi connectivity index (χ2n) is 6.03. The van der Waals surface area contributed by atoms with Gasteiger partial charge >= 0.3 is 0 Å². The van der Waals surface area contributed by atoms with Gasteiger partial charge < -0.3 is 9.80 Å². The van der Waals surface area contributed by atoms with Crippen LogP contribution < -0.4 is 0 Å². The first kappa shape index (κ1) is 14.8. The van der Waals surface area contributed by atoms with Crippen LogP contribution in [0.2, 0.25) is 0 Å². The van der Waals surface area contributed by atoms with E-state index in [1.54, 1.807) is 0 Å². The normalized spacial score (nSPS) is 19.2. The standard InChI is InChI=1S/C19H22N2O/c1-15-14-21(12-11-20(15)2)19(22)18-10-6-9-17(13-18)16-7-4-3-5-8-16/h3-10,13,15H,11-12,14H2,1-2H3/t15-/m0/s1. The molecule has 0 spiro atoms. The number of benzene rings is 2. The molecule has 0 saturated carbocycles. The molecule has 1 heterocycles. The van der Waals surface area contributed by atoms with Gasteiger partial charge in [-0.05, 0) is 37.2 Å². The predicted octanol–water partition coefficient (Wildman–Crippen LogP) is 3.13. The van der Waals surface area contributed by atoms with Crippen molar-refractivity contribution in [3.63, 3.8) is 0 Å². The highest BCUT2D eigenvalue weighted by molar-refractivity contribution is 5.95. The molecule has 2 aromatic carbocycles. The summed E-state index contributed by atoms with van der Waals surface area (Å²) in [6.07, 6.45) is 0. The van der Waals surface area contributed by atoms with Crippen molar-refractivity contribution >= 4 is 5.91 Å². The Hall–Kier alpha value is -2.13. The number of rotatable bonds is 2. The molecule has 0 radical (unpaired) electrons. The van der Waals surface area contributed by atoms with Crippen molar-refractivity contribution in [3.05, 3.63) is 60.2 Å². The number of hydrogen-bond donors (Lipinski definition) is 0. The first-order valence-electron chi connectivity index (χ1n) is 7.80. The Kier molecular flexibility index (Phi) is 4.25. The lowest BCUT2D eigenvalue weighted by Gasteiger charge is -2.37. The van der Waals surface area contributed by atoms with E-state index in [1.165, 1.54) is 0 Å². The molecule has 1 fully saturated rings. The van der Waals surface area contributed by atoms with Gasteiger partial charge in [-0.2, -0.15) is 0 Å². The van der Waals surface area contributed by atoms with E-state index in [0.717, 1.165) is 36.3 Å². The lowest BCUT2D eigenvalue weighted by molar-refractivity contribution is 0.0572. The fourth-order valence-corrected chi connectivity index (χ4v) is 2.88. The SMILES string of the molecule is C[C@H]1CN(C(=O)c2cccc(-c3ccccc3)c2)CCN1C. The summed E-state index contributed by atoms with van der Waals surface area (Å²) >= 11 is 0. The zero-order valence-electron chi connectivity index (χ0n) is 13.2. The predicted molar refractivity (Wildman–Crippen MR) is 89.9 cm³/mol. The Morgan fingerprint density at radius 2 is 1.73 bits per heavy atom. The fourth-order valence-electron chi connectivity index (χ4n) is 2.88. The molecule has 3 nitrogen and oxygen atoms in total. The molecule has 114 valence electrons. The molecule has 1 atom stereocenters. The summed E-state index contributed by atoms with van der Waals surface area (Å²) in [6, 6.07) is 18.5. The summed E-state index contributed by atoms with van der Waals surface area (Å²) in [4.78, 5) is 17.0. The van der Waals surface area contributed by atoms with E-state index in [-0.39, 0.29) is 5.91 Å². The summed E-state index contributed by atoms with van der Waals surface area (Å²) in [5.41, 5.74) is 3.01. The third-order valence-electron chi connectivity index (χ3n) is 4.46. The van der Waals surface area contributed by atoms with E-state index in [2.05, 4.69) is 37.1 Å². The minimum absolute atomic E-state index is 0.137. The molecule has 3 heteroatoms. The number of amides is 1. The number of hydrogen-bond acceptors (Lipinski definition) is 2. The van der Waals surface area contributed by atoms with E-state index in [0.29, 0.717) is 6.04 Å². The molecule has 0 N–H and O–H groups in total. The average molecular weight is 294 g/mol. The maximum atomic E-state index is 12.7. The van der Waals surface area contributed by atoms with Gasteiger partial charge in [0.1, 0.15) is 0 Å². The summed E-state index contributed by atoms with van der Waals surface area (Å²) in [5, 5.41) is 0. The molecule has 0 aromatic heterocycles. The van der Waals surface area contributed by atoms with Crippen LogP contribution in [0.1, 0.15) is 17.3 Å². The van der Waals surface area contributed by atoms with Crippen molar-refractivity contribution in [2.24, 2.45) is 0 Å². The van der Waals surface area contributed by atoms with Gasteiger partial charge in [0, 0.05) is 31.2 Å². The molecule has 1 saturated heterocycles. The van der Waals surface area contributed by atoms with Gasteiger partial charge in [0.2, 0.25) is 0 Å². The Morgan fingerprint density at radius 3 is 2.45 bits per heavy atom. The van der Waals surface area contributed by atoms with Crippen LogP contribution in [-0.4, -0.2) is 48.4 Å². The number of nitrogens with zero attached hydrogens (tertiary/aromatic N) is 2. The minimum atomic E-state index is 0.137. The summed E-state index contributed by atoms with van der Waals surface area (Å²) in [6.45, 7) is 4.70. The number of piperazine rings is 1. The molecule has 2 aromatic rings. The quantitative estimate of drug-likeness (QED) is 0.849. The Labute approximate surface area is 132 Å². The summed E-state index contributed by atoms with van der Waals surface area (Å²) in [7, 11) is 2.11. The second kappa shape index (κ2) is 6.32. The first-order valence-corrected chi connectivity index (χ1v) is 7.80. The topological polar surface area (TPSA) is 23.6 Å². The monoisotopic (exact) mass is 294 g/mol. The van der Waals surface area contributed by atoms with Crippen LogP contribution in [0.4, 0.5) is 0 Å². The van der Waals surface area contributed by atoms with Crippen LogP contribution in [0.3, 0.4) is 0 Å². The molecule has 0 bridgehead atoms. The van der Waals surface area contributed by atoms with Gasteiger partial charge in [0.05, 0.1) is 0 Å². The maximum Gasteiger partial charge on any atom is 0.253 e. The Morgan fingerprint density at radius 1 is 1.00 bits per heavy atom. The lowest BCUT2D eigenvalue weighted by Crippen LogP contribution is -2.52. The van der Waals surface area contributed by atoms with Gasteiger partial charge in [-0.15, -0.1) is 0 Å². The van der Waals surface area contributed by atoms with Crippen molar-refractivity contribution in [1.82, 2.24) is 9.80 Å². The second-order valence-corrected chi connectivity index (χ2v) is 6.03. The van der Waals surface area contributed by atoms with Crippen molar-refractivity contribution in [3.8, 4) is 11.1 Å². The molecule has 1 aliphatic rings. The van der Waals surface area contributed by atoms with Gasteiger partial charge in [-0.1, -0.05) is 42.5 Å². The van der Waals surface area contributed by atoms with Crippen LogP contribution >= 0.6 is 0 Å². The van der Waals surface area contributed by atoms with Crippen LogP contribution in [-0.2, 0) is 0 Å². The molecule has 0 unspecified atom stereocenters. The fraction of sp³-hybridized carbons (Fsp3) is 0.316. The zero-order chi connectivity index (χ0) is 15.5. The number of carbonyl (C=O) groups is 1. The van der Waals surface area contributed by atoms with E-state index >= 15 is 0 Å². The third-order valence-corrected chi connectivity index (χ3v) is 4.46. The largest absolute Gasteiger partial charge is 0.336 e. The minimum Gasteiger partial charge on any atom is -0.336 e. The van der Waals surface area contributed by atoms with Crippen LogP contribution in [0, 0.1) is 0 Å². The van der Waals surface area contributed by atoms with E-state index < -0.39 is 0 Å². The molecule has 3 rings (SSSR count). The number of carbonyl (C=O) groups excluding carboxylic acids is 1. The van der Waals surface area contributed by atoms with Crippen molar-refractivity contribution in [2.75, 3.05) is 26.7 Å². The van der Waals surface area contributed by atoms with Gasteiger partial charge in [0.25, 0.3) is 5.91 Å². The zero-order valence-corrected chi connectivity index (χ0v) is 13.2. The molecule has 22 heavy (non-hydrogen) atoms. The van der Waals surface area contributed by atoms with E-state index in [1.807, 2.05) is 41.3 Å². The number of likely N-dealkylation sites (N-methyl/N-ethyl adjacent to an activating group) is 1. The highest BCUT2D eigenvalue weighted by Crippen LogP contribution is 2.21. The maximum absolute atomic E-state index is 12.7. The van der Waals surface area contributed by atoms with Gasteiger partial charge in [-0.3, -0.25) is 4.79 Å². The van der Waals surface area contributed by atoms with Gasteiger partial charge in [-0.25, -0.2) is 0 Å². The molecular formula is C19H22N2O. The Balaban J connectivity index is 1.82. The van der Waals surface area contributed by atoms with Crippen molar-refractivity contribution in [1.29, 1.82) is 0 Å². The average Bonchev–Trinajstić information content (AvgIpc) is 2.57. The molecule has 1 aliphatic heterocycles. The van der Waals surface area contributed by atoms with Crippen LogP contribution in [0.25, 0.3) is 11.1 Å². The smallest absolute Gasteiger partial charge is 0.253 e. The van der Waals surface area contributed by atoms with E-state index in [9.17, 15) is 4.79 Å². The van der Waals surface area contributed by atoms with Crippen molar-refractivity contribution < 1.29 is 4.79 Å². The van der Waals surface area contributed by atoms with Crippen LogP contribution in [0.5, 0.6) is 0 Å². The highest BCUT2D eigenvalue weighted by atomic mass is 16.2. The lowest BCUT2D eigenvalue weighted by atomic mass is 10.0. The first-order chi connectivity index (χ1) is 10.6. The third kappa shape index (κ3) is 3.04. The Bertz CT molecular complexity index is 653. The molecular weight excluding hydrogens is 272 g/mol. The molecule has 1 amide bonds. The summed E-state index contributed by atoms with van der Waals surface area (Å²) in [5.74, 6) is 0.137. The molecule has 0 aliphatic carbocycles.